The number of aliphatic hydroxyl groups is 6. The maximum absolute atomic E-state index is 10.8. The molecule has 0 unspecified atom stereocenters. The van der Waals surface area contributed by atoms with Crippen LogP contribution in [0.3, 0.4) is 0 Å². The zero-order valence-electron chi connectivity index (χ0n) is 19.3. The zero-order chi connectivity index (χ0) is 27.1. The minimum Gasteiger partial charge on any atom is -0.394 e. The molecule has 0 aliphatic carbocycles. The van der Waals surface area contributed by atoms with Crippen molar-refractivity contribution in [3.63, 3.8) is 0 Å². The van der Waals surface area contributed by atoms with E-state index < -0.39 is 78.8 Å². The monoisotopic (exact) mass is 511 g/mol. The van der Waals surface area contributed by atoms with Gasteiger partial charge in [0.2, 0.25) is 0 Å². The Bertz CT molecular complexity index is 1190. The number of terminal acetylenes is 1. The summed E-state index contributed by atoms with van der Waals surface area (Å²) in [5, 5.41) is 71.3. The SMILES string of the molecule is C#C[C@H]1[C@H](O)[C@@H](O)[C@H](C#CC#C[C@H]2[C@H](O)[C@@H](O)[C@H](C#Cc3ccc([N+](=O)[O-])cc3)O[C@@H]2CO)O[C@@H]1CO. The minimum atomic E-state index is -1.48. The highest BCUT2D eigenvalue weighted by Gasteiger charge is 2.44. The van der Waals surface area contributed by atoms with Crippen LogP contribution in [0.2, 0.25) is 0 Å². The van der Waals surface area contributed by atoms with E-state index in [4.69, 9.17) is 15.9 Å². The van der Waals surface area contributed by atoms with Gasteiger partial charge in [0, 0.05) is 17.7 Å². The summed E-state index contributed by atoms with van der Waals surface area (Å²) < 4.78 is 11.1. The van der Waals surface area contributed by atoms with Crippen molar-refractivity contribution in [1.82, 2.24) is 0 Å². The second kappa shape index (κ2) is 12.7. The highest BCUT2D eigenvalue weighted by molar-refractivity contribution is 5.42. The molecule has 10 atom stereocenters. The van der Waals surface area contributed by atoms with Crippen LogP contribution in [0.4, 0.5) is 5.69 Å². The molecule has 0 bridgehead atoms. The molecule has 37 heavy (non-hydrogen) atoms. The van der Waals surface area contributed by atoms with Crippen molar-refractivity contribution in [3.8, 4) is 47.9 Å². The molecule has 0 spiro atoms. The lowest BCUT2D eigenvalue weighted by Crippen LogP contribution is -2.54. The standard InChI is InChI=1S/C26H25NO10/c1-2-17-21(13-28)36-19(25(32)23(17)30)6-4-3-5-18-22(14-29)37-20(26(33)24(18)31)12-9-15-7-10-16(11-8-15)27(34)35/h1,7-8,10-11,17-26,28-33H,13-14H2/t17-,18-,19+,20+,21-,22-,23+,24+,25+,26+/m1/s1. The van der Waals surface area contributed by atoms with E-state index in [0.717, 1.165) is 0 Å². The van der Waals surface area contributed by atoms with Crippen LogP contribution in [0.25, 0.3) is 0 Å². The van der Waals surface area contributed by atoms with Gasteiger partial charge in [-0.2, -0.15) is 0 Å². The van der Waals surface area contributed by atoms with E-state index in [2.05, 4.69) is 41.4 Å². The van der Waals surface area contributed by atoms with Crippen LogP contribution in [-0.4, -0.2) is 97.6 Å². The zero-order valence-corrected chi connectivity index (χ0v) is 19.3. The van der Waals surface area contributed by atoms with Gasteiger partial charge in [-0.05, 0) is 24.0 Å². The summed E-state index contributed by atoms with van der Waals surface area (Å²) >= 11 is 0. The van der Waals surface area contributed by atoms with Crippen LogP contribution < -0.4 is 0 Å². The maximum Gasteiger partial charge on any atom is 0.269 e. The van der Waals surface area contributed by atoms with E-state index in [-0.39, 0.29) is 5.69 Å². The summed E-state index contributed by atoms with van der Waals surface area (Å²) in [7, 11) is 0. The van der Waals surface area contributed by atoms with E-state index >= 15 is 0 Å². The summed E-state index contributed by atoms with van der Waals surface area (Å²) in [4.78, 5) is 10.2. The number of nitrogens with zero attached hydrogens (tertiary/aromatic N) is 1. The lowest BCUT2D eigenvalue weighted by atomic mass is 9.87. The Morgan fingerprint density at radius 2 is 1.32 bits per heavy atom. The van der Waals surface area contributed by atoms with Gasteiger partial charge < -0.3 is 40.1 Å². The fourth-order valence-corrected chi connectivity index (χ4v) is 3.91. The molecule has 1 aromatic carbocycles. The molecular weight excluding hydrogens is 486 g/mol. The summed E-state index contributed by atoms with van der Waals surface area (Å²) in [5.74, 6) is 15.7. The average molecular weight is 511 g/mol. The molecule has 0 saturated carbocycles. The smallest absolute Gasteiger partial charge is 0.269 e. The Hall–Kier alpha value is -3.46. The second-order valence-corrected chi connectivity index (χ2v) is 8.35. The van der Waals surface area contributed by atoms with Gasteiger partial charge in [-0.25, -0.2) is 0 Å². The summed E-state index contributed by atoms with van der Waals surface area (Å²) in [6.07, 6.45) is -4.72. The number of hydrogen-bond acceptors (Lipinski definition) is 10. The van der Waals surface area contributed by atoms with Crippen molar-refractivity contribution in [2.75, 3.05) is 13.2 Å². The lowest BCUT2D eigenvalue weighted by Gasteiger charge is -2.38. The molecule has 1 aromatic rings. The number of aliphatic hydroxyl groups excluding tert-OH is 6. The van der Waals surface area contributed by atoms with Crippen molar-refractivity contribution in [1.29, 1.82) is 0 Å². The Kier molecular flexibility index (Phi) is 9.63. The second-order valence-electron chi connectivity index (χ2n) is 8.35. The third kappa shape index (κ3) is 6.46. The van der Waals surface area contributed by atoms with Gasteiger partial charge in [-0.1, -0.05) is 29.6 Å². The number of benzene rings is 1. The van der Waals surface area contributed by atoms with E-state index in [0.29, 0.717) is 5.56 Å². The van der Waals surface area contributed by atoms with Crippen molar-refractivity contribution in [2.45, 2.75) is 48.8 Å². The number of non-ortho nitro benzene ring substituents is 1. The van der Waals surface area contributed by atoms with Crippen LogP contribution in [0.5, 0.6) is 0 Å². The van der Waals surface area contributed by atoms with Gasteiger partial charge in [-0.15, -0.1) is 6.42 Å². The van der Waals surface area contributed by atoms with E-state index in [1.807, 2.05) is 0 Å². The summed E-state index contributed by atoms with van der Waals surface area (Å²) in [6.45, 7) is -1.03. The number of nitro benzene ring substituents is 1. The molecule has 11 nitrogen and oxygen atoms in total. The van der Waals surface area contributed by atoms with Gasteiger partial charge >= 0.3 is 0 Å². The largest absolute Gasteiger partial charge is 0.394 e. The lowest BCUT2D eigenvalue weighted by molar-refractivity contribution is -0.384. The normalized spacial score (nSPS) is 34.8. The van der Waals surface area contributed by atoms with Crippen LogP contribution >= 0.6 is 0 Å². The molecular formula is C26H25NO10. The summed E-state index contributed by atoms with van der Waals surface area (Å²) in [6, 6.07) is 5.40. The molecule has 194 valence electrons. The van der Waals surface area contributed by atoms with Crippen LogP contribution in [0, 0.1) is 69.8 Å². The molecule has 11 heteroatoms. The highest BCUT2D eigenvalue weighted by atomic mass is 16.6. The first-order chi connectivity index (χ1) is 17.7. The van der Waals surface area contributed by atoms with E-state index in [1.54, 1.807) is 0 Å². The Morgan fingerprint density at radius 3 is 1.86 bits per heavy atom. The van der Waals surface area contributed by atoms with Gasteiger partial charge in [0.15, 0.2) is 0 Å². The topological polar surface area (TPSA) is 183 Å². The van der Waals surface area contributed by atoms with Crippen molar-refractivity contribution in [3.05, 3.63) is 39.9 Å². The molecule has 2 fully saturated rings. The van der Waals surface area contributed by atoms with Crippen LogP contribution in [0.15, 0.2) is 24.3 Å². The fraction of sp³-hybridized carbons (Fsp3) is 0.462. The highest BCUT2D eigenvalue weighted by Crippen LogP contribution is 2.27. The molecule has 2 saturated heterocycles. The molecule has 3 rings (SSSR count). The van der Waals surface area contributed by atoms with Crippen LogP contribution in [-0.2, 0) is 9.47 Å². The maximum atomic E-state index is 10.8. The molecule has 0 radical (unpaired) electrons. The average Bonchev–Trinajstić information content (AvgIpc) is 2.90. The molecule has 0 aromatic heterocycles. The molecule has 2 aliphatic heterocycles. The number of ether oxygens (including phenoxy) is 2. The van der Waals surface area contributed by atoms with Crippen molar-refractivity contribution < 1.29 is 45.0 Å². The van der Waals surface area contributed by atoms with E-state index in [9.17, 15) is 40.8 Å². The number of nitro groups is 1. The quantitative estimate of drug-likeness (QED) is 0.148. The Labute approximate surface area is 212 Å². The van der Waals surface area contributed by atoms with Gasteiger partial charge in [0.1, 0.15) is 24.4 Å². The van der Waals surface area contributed by atoms with Gasteiger partial charge in [-0.3, -0.25) is 10.1 Å². The van der Waals surface area contributed by atoms with Crippen molar-refractivity contribution in [2.24, 2.45) is 11.8 Å². The third-order valence-electron chi connectivity index (χ3n) is 6.00. The first kappa shape index (κ1) is 28.1. The van der Waals surface area contributed by atoms with E-state index in [1.165, 1.54) is 24.3 Å². The first-order valence-corrected chi connectivity index (χ1v) is 11.2. The molecule has 0 amide bonds. The Morgan fingerprint density at radius 1 is 0.811 bits per heavy atom. The van der Waals surface area contributed by atoms with Gasteiger partial charge in [0.25, 0.3) is 5.69 Å². The van der Waals surface area contributed by atoms with Gasteiger partial charge in [0.05, 0.1) is 54.4 Å². The molecule has 2 heterocycles. The third-order valence-corrected chi connectivity index (χ3v) is 6.00. The fourth-order valence-electron chi connectivity index (χ4n) is 3.91. The number of hydrogen-bond donors (Lipinski definition) is 6. The van der Waals surface area contributed by atoms with Crippen LogP contribution in [0.1, 0.15) is 5.56 Å². The Balaban J connectivity index is 1.70. The van der Waals surface area contributed by atoms with Crippen molar-refractivity contribution >= 4 is 5.69 Å². The predicted molar refractivity (Wildman–Crippen MR) is 127 cm³/mol. The summed E-state index contributed by atoms with van der Waals surface area (Å²) in [5.41, 5.74) is 0.313. The first-order valence-electron chi connectivity index (χ1n) is 11.2. The molecule has 6 N–H and O–H groups in total. The molecule has 2 aliphatic rings. The predicted octanol–water partition coefficient (Wildman–Crippen LogP) is -2.22. The minimum absolute atomic E-state index is 0.106. The number of rotatable bonds is 3.